The summed E-state index contributed by atoms with van der Waals surface area (Å²) in [5.41, 5.74) is 3.08. The van der Waals surface area contributed by atoms with Gasteiger partial charge in [-0.1, -0.05) is 74.9 Å². The molecule has 2 rings (SSSR count). The van der Waals surface area contributed by atoms with Crippen molar-refractivity contribution in [2.75, 3.05) is 0 Å². The van der Waals surface area contributed by atoms with Crippen LogP contribution in [0.15, 0.2) is 54.6 Å². The molecule has 0 aliphatic carbocycles. The summed E-state index contributed by atoms with van der Waals surface area (Å²) in [5.74, 6) is 0.119. The molecule has 5 heteroatoms. The third-order valence-electron chi connectivity index (χ3n) is 4.38. The first-order valence-electron chi connectivity index (χ1n) is 9.49. The van der Waals surface area contributed by atoms with Gasteiger partial charge in [-0.25, -0.2) is 4.79 Å². The molecule has 3 amide bonds. The van der Waals surface area contributed by atoms with E-state index in [1.165, 1.54) is 0 Å². The fourth-order valence-corrected chi connectivity index (χ4v) is 2.80. The van der Waals surface area contributed by atoms with Crippen molar-refractivity contribution in [3.05, 3.63) is 71.3 Å². The lowest BCUT2D eigenvalue weighted by atomic mass is 10.1. The van der Waals surface area contributed by atoms with E-state index in [4.69, 9.17) is 0 Å². The number of nitrogens with one attached hydrogen (secondary N) is 3. The van der Waals surface area contributed by atoms with Crippen LogP contribution in [0.5, 0.6) is 0 Å². The third kappa shape index (κ3) is 7.52. The normalized spacial score (nSPS) is 11.5. The van der Waals surface area contributed by atoms with Crippen molar-refractivity contribution < 1.29 is 9.59 Å². The Balaban J connectivity index is 1.76. The van der Waals surface area contributed by atoms with Crippen LogP contribution < -0.4 is 16.0 Å². The van der Waals surface area contributed by atoms with Gasteiger partial charge in [0.1, 0.15) is 0 Å². The maximum Gasteiger partial charge on any atom is 0.315 e. The lowest BCUT2D eigenvalue weighted by molar-refractivity contribution is -0.124. The highest BCUT2D eigenvalue weighted by Gasteiger charge is 2.11. The number of carbonyl (C=O) groups excluding carboxylic acids is 2. The van der Waals surface area contributed by atoms with Gasteiger partial charge in [0.05, 0.1) is 0 Å². The zero-order valence-electron chi connectivity index (χ0n) is 16.1. The summed E-state index contributed by atoms with van der Waals surface area (Å²) in [6.07, 6.45) is 1.90. The van der Waals surface area contributed by atoms with Crippen molar-refractivity contribution in [2.24, 2.45) is 5.92 Å². The molecule has 0 saturated carbocycles. The molecule has 0 fully saturated rings. The molecule has 2 aromatic carbocycles. The van der Waals surface area contributed by atoms with Gasteiger partial charge in [-0.05, 0) is 23.1 Å². The molecular formula is C22H29N3O2. The molecule has 0 aliphatic rings. The Kier molecular flexibility index (Phi) is 8.36. The highest BCUT2D eigenvalue weighted by molar-refractivity contribution is 5.78. The number of hydrogen-bond acceptors (Lipinski definition) is 2. The Labute approximate surface area is 161 Å². The summed E-state index contributed by atoms with van der Waals surface area (Å²) in [4.78, 5) is 24.0. The Morgan fingerprint density at radius 1 is 0.815 bits per heavy atom. The van der Waals surface area contributed by atoms with Crippen LogP contribution in [-0.4, -0.2) is 11.9 Å². The fraction of sp³-hybridized carbons (Fsp3) is 0.364. The predicted octanol–water partition coefficient (Wildman–Crippen LogP) is 3.74. The number of carbonyl (C=O) groups is 2. The van der Waals surface area contributed by atoms with E-state index in [2.05, 4.69) is 22.9 Å². The lowest BCUT2D eigenvalue weighted by Crippen LogP contribution is -2.34. The minimum Gasteiger partial charge on any atom is -0.352 e. The molecule has 2 aromatic rings. The number of benzene rings is 2. The first-order chi connectivity index (χ1) is 13.1. The molecule has 0 radical (unpaired) electrons. The highest BCUT2D eigenvalue weighted by Crippen LogP contribution is 2.08. The molecule has 27 heavy (non-hydrogen) atoms. The highest BCUT2D eigenvalue weighted by atomic mass is 16.2. The van der Waals surface area contributed by atoms with E-state index in [0.717, 1.165) is 29.5 Å². The van der Waals surface area contributed by atoms with E-state index in [9.17, 15) is 9.59 Å². The molecule has 0 aliphatic heterocycles. The van der Waals surface area contributed by atoms with E-state index in [-0.39, 0.29) is 17.9 Å². The van der Waals surface area contributed by atoms with Crippen molar-refractivity contribution in [3.63, 3.8) is 0 Å². The van der Waals surface area contributed by atoms with Crippen LogP contribution in [-0.2, 0) is 24.4 Å². The van der Waals surface area contributed by atoms with Crippen LogP contribution in [0.25, 0.3) is 0 Å². The SMILES string of the molecule is CCCC(C)C(=O)NCc1cccc(CNC(=O)NCc2ccccc2)c1. The number of amides is 3. The van der Waals surface area contributed by atoms with Gasteiger partial charge in [-0.3, -0.25) is 4.79 Å². The van der Waals surface area contributed by atoms with E-state index in [1.54, 1.807) is 0 Å². The number of urea groups is 1. The fourth-order valence-electron chi connectivity index (χ4n) is 2.80. The van der Waals surface area contributed by atoms with Gasteiger partial charge in [-0.2, -0.15) is 0 Å². The largest absolute Gasteiger partial charge is 0.352 e. The Morgan fingerprint density at radius 3 is 2.00 bits per heavy atom. The minimum absolute atomic E-state index is 0.0353. The number of hydrogen-bond donors (Lipinski definition) is 3. The van der Waals surface area contributed by atoms with E-state index < -0.39 is 0 Å². The van der Waals surface area contributed by atoms with Crippen molar-refractivity contribution in [3.8, 4) is 0 Å². The molecule has 1 atom stereocenters. The third-order valence-corrected chi connectivity index (χ3v) is 4.38. The van der Waals surface area contributed by atoms with Crippen LogP contribution in [0.2, 0.25) is 0 Å². The molecule has 3 N–H and O–H groups in total. The monoisotopic (exact) mass is 367 g/mol. The number of rotatable bonds is 9. The molecule has 0 heterocycles. The summed E-state index contributed by atoms with van der Waals surface area (Å²) in [6.45, 7) is 5.47. The zero-order valence-corrected chi connectivity index (χ0v) is 16.1. The standard InChI is InChI=1S/C22H29N3O2/c1-3-8-17(2)21(26)23-15-19-11-7-12-20(13-19)16-25-22(27)24-14-18-9-5-4-6-10-18/h4-7,9-13,17H,3,8,14-16H2,1-2H3,(H,23,26)(H2,24,25,27). The first kappa shape index (κ1) is 20.5. The van der Waals surface area contributed by atoms with Gasteiger partial charge in [0.2, 0.25) is 5.91 Å². The van der Waals surface area contributed by atoms with Crippen molar-refractivity contribution >= 4 is 11.9 Å². The van der Waals surface area contributed by atoms with Crippen molar-refractivity contribution in [2.45, 2.75) is 46.3 Å². The predicted molar refractivity (Wildman–Crippen MR) is 108 cm³/mol. The van der Waals surface area contributed by atoms with Gasteiger partial charge < -0.3 is 16.0 Å². The lowest BCUT2D eigenvalue weighted by Gasteiger charge is -2.12. The van der Waals surface area contributed by atoms with Crippen molar-refractivity contribution in [1.29, 1.82) is 0 Å². The molecule has 0 bridgehead atoms. The molecule has 5 nitrogen and oxygen atoms in total. The second-order valence-electron chi connectivity index (χ2n) is 6.75. The first-order valence-corrected chi connectivity index (χ1v) is 9.49. The quantitative estimate of drug-likeness (QED) is 0.632. The Hall–Kier alpha value is -2.82. The van der Waals surface area contributed by atoms with Crippen LogP contribution in [0.1, 0.15) is 43.4 Å². The van der Waals surface area contributed by atoms with Crippen LogP contribution in [0, 0.1) is 5.92 Å². The summed E-state index contributed by atoms with van der Waals surface area (Å²) >= 11 is 0. The van der Waals surface area contributed by atoms with Gasteiger partial charge >= 0.3 is 6.03 Å². The second kappa shape index (κ2) is 11.0. The zero-order chi connectivity index (χ0) is 19.5. The molecule has 0 aromatic heterocycles. The smallest absolute Gasteiger partial charge is 0.315 e. The van der Waals surface area contributed by atoms with Crippen LogP contribution in [0.3, 0.4) is 0 Å². The molecule has 1 unspecified atom stereocenters. The molecule has 144 valence electrons. The van der Waals surface area contributed by atoms with Gasteiger partial charge in [0.15, 0.2) is 0 Å². The summed E-state index contributed by atoms with van der Waals surface area (Å²) < 4.78 is 0. The van der Waals surface area contributed by atoms with Crippen LogP contribution >= 0.6 is 0 Å². The molecule has 0 saturated heterocycles. The average molecular weight is 367 g/mol. The van der Waals surface area contributed by atoms with E-state index in [1.807, 2.05) is 61.5 Å². The Morgan fingerprint density at radius 2 is 1.37 bits per heavy atom. The summed E-state index contributed by atoms with van der Waals surface area (Å²) in [5, 5.41) is 8.68. The second-order valence-corrected chi connectivity index (χ2v) is 6.75. The van der Waals surface area contributed by atoms with Gasteiger partial charge in [0.25, 0.3) is 0 Å². The maximum atomic E-state index is 12.0. The summed E-state index contributed by atoms with van der Waals surface area (Å²) in [6, 6.07) is 17.5. The Bertz CT molecular complexity index is 731. The van der Waals surface area contributed by atoms with Crippen LogP contribution in [0.4, 0.5) is 4.79 Å². The van der Waals surface area contributed by atoms with E-state index >= 15 is 0 Å². The van der Waals surface area contributed by atoms with Crippen molar-refractivity contribution in [1.82, 2.24) is 16.0 Å². The summed E-state index contributed by atoms with van der Waals surface area (Å²) in [7, 11) is 0. The average Bonchev–Trinajstić information content (AvgIpc) is 2.70. The minimum atomic E-state index is -0.203. The van der Waals surface area contributed by atoms with E-state index in [0.29, 0.717) is 19.6 Å². The van der Waals surface area contributed by atoms with Gasteiger partial charge in [0, 0.05) is 25.6 Å². The van der Waals surface area contributed by atoms with Gasteiger partial charge in [-0.15, -0.1) is 0 Å². The topological polar surface area (TPSA) is 70.2 Å². The molecular weight excluding hydrogens is 338 g/mol. The molecule has 0 spiro atoms. The maximum absolute atomic E-state index is 12.0.